The molecule has 0 radical (unpaired) electrons. The van der Waals surface area contributed by atoms with E-state index in [1.807, 2.05) is 43.3 Å². The number of fused-ring (bicyclic) bond motifs is 1. The Hall–Kier alpha value is -1.87. The Kier molecular flexibility index (Phi) is 4.31. The minimum Gasteiger partial charge on any atom is -0.322 e. The van der Waals surface area contributed by atoms with Crippen LogP contribution in [0.5, 0.6) is 0 Å². The van der Waals surface area contributed by atoms with Crippen LogP contribution in [0.25, 0.3) is 10.9 Å². The van der Waals surface area contributed by atoms with Gasteiger partial charge in [-0.2, -0.15) is 0 Å². The Balaban J connectivity index is 2.08. The third kappa shape index (κ3) is 3.08. The smallest absolute Gasteiger partial charge is 0.252 e. The highest BCUT2D eigenvalue weighted by atomic mass is 16.1. The molecule has 0 unspecified atom stereocenters. The number of hydrogen-bond acceptors (Lipinski definition) is 2. The first-order valence-electron chi connectivity index (χ1n) is 6.24. The fourth-order valence-electron chi connectivity index (χ4n) is 1.90. The summed E-state index contributed by atoms with van der Waals surface area (Å²) < 4.78 is 0. The van der Waals surface area contributed by atoms with Gasteiger partial charge in [0, 0.05) is 17.6 Å². The van der Waals surface area contributed by atoms with Crippen LogP contribution in [0.3, 0.4) is 0 Å². The molecule has 0 saturated heterocycles. The van der Waals surface area contributed by atoms with Gasteiger partial charge in [0.25, 0.3) is 5.56 Å². The average Bonchev–Trinajstić information content (AvgIpc) is 2.39. The van der Waals surface area contributed by atoms with E-state index in [2.05, 4.69) is 16.4 Å². The number of nitrogens with one attached hydrogen (secondary N) is 2. The lowest BCUT2D eigenvalue weighted by Gasteiger charge is -2.04. The van der Waals surface area contributed by atoms with Gasteiger partial charge in [-0.25, -0.2) is 0 Å². The fourth-order valence-corrected chi connectivity index (χ4v) is 1.90. The van der Waals surface area contributed by atoms with Gasteiger partial charge in [0.1, 0.15) is 0 Å². The number of para-hydroxylation sites is 1. The van der Waals surface area contributed by atoms with Crippen molar-refractivity contribution in [3.8, 4) is 0 Å². The van der Waals surface area contributed by atoms with E-state index in [0.29, 0.717) is 6.54 Å². The molecule has 1 heterocycles. The number of pyridine rings is 1. The summed E-state index contributed by atoms with van der Waals surface area (Å²) in [5.41, 5.74) is 1.67. The van der Waals surface area contributed by atoms with Crippen molar-refractivity contribution in [2.75, 3.05) is 6.54 Å². The van der Waals surface area contributed by atoms with Crippen LogP contribution < -0.4 is 10.9 Å². The lowest BCUT2D eigenvalue weighted by atomic mass is 10.1. The van der Waals surface area contributed by atoms with Crippen molar-refractivity contribution in [1.29, 1.82) is 0 Å². The van der Waals surface area contributed by atoms with Gasteiger partial charge in [-0.3, -0.25) is 4.79 Å². The van der Waals surface area contributed by atoms with E-state index in [9.17, 15) is 4.79 Å². The van der Waals surface area contributed by atoms with Crippen LogP contribution in [-0.4, -0.2) is 11.5 Å². The quantitative estimate of drug-likeness (QED) is 0.625. The molecule has 0 bridgehead atoms. The van der Waals surface area contributed by atoms with E-state index in [-0.39, 0.29) is 5.56 Å². The normalized spacial score (nSPS) is 11.4. The third-order valence-electron chi connectivity index (χ3n) is 2.87. The molecule has 0 fully saturated rings. The highest BCUT2D eigenvalue weighted by Gasteiger charge is 2.01. The summed E-state index contributed by atoms with van der Waals surface area (Å²) in [6.45, 7) is 3.50. The number of rotatable bonds is 5. The molecule has 1 aromatic heterocycles. The lowest BCUT2D eigenvalue weighted by Crippen LogP contribution is -2.21. The molecule has 0 spiro atoms. The molecule has 2 aromatic rings. The van der Waals surface area contributed by atoms with Gasteiger partial charge in [0.2, 0.25) is 0 Å². The van der Waals surface area contributed by atoms with E-state index >= 15 is 0 Å². The predicted molar refractivity (Wildman–Crippen MR) is 75.7 cm³/mol. The summed E-state index contributed by atoms with van der Waals surface area (Å²) in [4.78, 5) is 14.7. The Morgan fingerprint density at radius 2 is 2.17 bits per heavy atom. The van der Waals surface area contributed by atoms with Gasteiger partial charge in [-0.1, -0.05) is 30.4 Å². The zero-order valence-electron chi connectivity index (χ0n) is 10.6. The Bertz CT molecular complexity index is 599. The van der Waals surface area contributed by atoms with Crippen molar-refractivity contribution >= 4 is 10.9 Å². The Morgan fingerprint density at radius 3 is 3.00 bits per heavy atom. The largest absolute Gasteiger partial charge is 0.322 e. The number of aromatic amines is 1. The maximum Gasteiger partial charge on any atom is 0.252 e. The average molecular weight is 242 g/mol. The van der Waals surface area contributed by atoms with Gasteiger partial charge >= 0.3 is 0 Å². The summed E-state index contributed by atoms with van der Waals surface area (Å²) >= 11 is 0. The molecule has 0 saturated carbocycles. The number of aromatic nitrogens is 1. The van der Waals surface area contributed by atoms with Gasteiger partial charge < -0.3 is 10.3 Å². The minimum absolute atomic E-state index is 0.00719. The van der Waals surface area contributed by atoms with Crippen LogP contribution >= 0.6 is 0 Å². The molecule has 3 nitrogen and oxygen atoms in total. The summed E-state index contributed by atoms with van der Waals surface area (Å²) in [6, 6.07) is 9.78. The number of allylic oxidation sites excluding steroid dienone is 1. The Labute approximate surface area is 107 Å². The van der Waals surface area contributed by atoms with E-state index in [4.69, 9.17) is 0 Å². The van der Waals surface area contributed by atoms with Crippen molar-refractivity contribution in [3.05, 3.63) is 58.4 Å². The highest BCUT2D eigenvalue weighted by Crippen LogP contribution is 2.09. The summed E-state index contributed by atoms with van der Waals surface area (Å²) in [5, 5.41) is 4.34. The highest BCUT2D eigenvalue weighted by molar-refractivity contribution is 5.78. The maximum absolute atomic E-state index is 11.8. The van der Waals surface area contributed by atoms with Crippen molar-refractivity contribution < 1.29 is 0 Å². The van der Waals surface area contributed by atoms with Crippen LogP contribution in [0.1, 0.15) is 18.9 Å². The second kappa shape index (κ2) is 6.17. The Morgan fingerprint density at radius 1 is 1.33 bits per heavy atom. The first-order chi connectivity index (χ1) is 8.81. The number of hydrogen-bond donors (Lipinski definition) is 2. The fraction of sp³-hybridized carbons (Fsp3) is 0.267. The first kappa shape index (κ1) is 12.6. The van der Waals surface area contributed by atoms with Crippen LogP contribution in [0, 0.1) is 0 Å². The molecule has 0 amide bonds. The molecule has 1 aromatic carbocycles. The molecule has 0 atom stereocenters. The molecular weight excluding hydrogens is 224 g/mol. The zero-order valence-corrected chi connectivity index (χ0v) is 10.6. The number of benzene rings is 1. The lowest BCUT2D eigenvalue weighted by molar-refractivity contribution is 0.691. The molecule has 0 aliphatic carbocycles. The van der Waals surface area contributed by atoms with Crippen molar-refractivity contribution in [3.63, 3.8) is 0 Å². The monoisotopic (exact) mass is 242 g/mol. The van der Waals surface area contributed by atoms with E-state index in [1.54, 1.807) is 0 Å². The van der Waals surface area contributed by atoms with Crippen LogP contribution in [0.15, 0.2) is 47.3 Å². The summed E-state index contributed by atoms with van der Waals surface area (Å²) in [7, 11) is 0. The van der Waals surface area contributed by atoms with Crippen LogP contribution in [0.4, 0.5) is 0 Å². The van der Waals surface area contributed by atoms with E-state index < -0.39 is 0 Å². The molecule has 0 aliphatic rings. The van der Waals surface area contributed by atoms with Crippen molar-refractivity contribution in [2.24, 2.45) is 0 Å². The van der Waals surface area contributed by atoms with Gasteiger partial charge in [0.15, 0.2) is 0 Å². The van der Waals surface area contributed by atoms with Gasteiger partial charge in [0.05, 0.1) is 0 Å². The van der Waals surface area contributed by atoms with Gasteiger partial charge in [-0.05, 0) is 37.4 Å². The van der Waals surface area contributed by atoms with Crippen LogP contribution in [-0.2, 0) is 6.54 Å². The van der Waals surface area contributed by atoms with Crippen molar-refractivity contribution in [1.82, 2.24) is 10.3 Å². The van der Waals surface area contributed by atoms with E-state index in [0.717, 1.165) is 29.4 Å². The maximum atomic E-state index is 11.8. The molecular formula is C15H18N2O. The molecule has 2 rings (SSSR count). The van der Waals surface area contributed by atoms with Crippen LogP contribution in [0.2, 0.25) is 0 Å². The summed E-state index contributed by atoms with van der Waals surface area (Å²) in [5.74, 6) is 0. The molecule has 94 valence electrons. The second-order valence-corrected chi connectivity index (χ2v) is 4.25. The summed E-state index contributed by atoms with van der Waals surface area (Å²) in [6.07, 6.45) is 5.13. The zero-order chi connectivity index (χ0) is 12.8. The van der Waals surface area contributed by atoms with Crippen molar-refractivity contribution in [2.45, 2.75) is 19.9 Å². The standard InChI is InChI=1S/C15H18N2O/c1-2-3-6-9-16-11-13-10-12-7-4-5-8-14(12)17-15(13)18/h2-5,7-8,10,16H,6,9,11H2,1H3,(H,17,18)/b3-2+. The minimum atomic E-state index is -0.00719. The van der Waals surface area contributed by atoms with Gasteiger partial charge in [-0.15, -0.1) is 0 Å². The molecule has 18 heavy (non-hydrogen) atoms. The van der Waals surface area contributed by atoms with E-state index in [1.165, 1.54) is 0 Å². The third-order valence-corrected chi connectivity index (χ3v) is 2.87. The topological polar surface area (TPSA) is 44.9 Å². The molecule has 2 N–H and O–H groups in total. The molecule has 0 aliphatic heterocycles. The predicted octanol–water partition coefficient (Wildman–Crippen LogP) is 2.58. The molecule has 3 heteroatoms. The second-order valence-electron chi connectivity index (χ2n) is 4.25. The number of H-pyrrole nitrogens is 1. The SMILES string of the molecule is C/C=C/CCNCc1cc2ccccc2[nH]c1=O. The first-order valence-corrected chi connectivity index (χ1v) is 6.24.